The second kappa shape index (κ2) is 9.81. The van der Waals surface area contributed by atoms with E-state index in [0.717, 1.165) is 29.9 Å². The first-order valence-corrected chi connectivity index (χ1v) is 10.9. The van der Waals surface area contributed by atoms with Crippen LogP contribution < -0.4 is 9.47 Å². The Kier molecular flexibility index (Phi) is 6.70. The molecule has 0 bridgehead atoms. The van der Waals surface area contributed by atoms with Crippen molar-refractivity contribution >= 4 is 11.8 Å². The molecule has 0 radical (unpaired) electrons. The molecule has 31 heavy (non-hydrogen) atoms. The minimum absolute atomic E-state index is 0.103. The maximum atomic E-state index is 13.1. The number of pyridine rings is 1. The fourth-order valence-corrected chi connectivity index (χ4v) is 4.32. The molecule has 7 heteroatoms. The van der Waals surface area contributed by atoms with Crippen LogP contribution in [0.1, 0.15) is 31.2 Å². The lowest BCUT2D eigenvalue weighted by molar-refractivity contribution is -0.144. The monoisotopic (exact) mass is 423 g/mol. The predicted molar refractivity (Wildman–Crippen MR) is 116 cm³/mol. The van der Waals surface area contributed by atoms with Crippen molar-refractivity contribution < 1.29 is 19.1 Å². The zero-order chi connectivity index (χ0) is 21.6. The molecule has 4 rings (SSSR count). The van der Waals surface area contributed by atoms with Gasteiger partial charge >= 0.3 is 0 Å². The van der Waals surface area contributed by atoms with E-state index in [1.165, 1.54) is 0 Å². The Hall–Kier alpha value is -3.09. The van der Waals surface area contributed by atoms with Crippen LogP contribution in [-0.4, -0.2) is 59.4 Å². The summed E-state index contributed by atoms with van der Waals surface area (Å²) in [4.78, 5) is 33.4. The van der Waals surface area contributed by atoms with Crippen molar-refractivity contribution in [3.63, 3.8) is 0 Å². The molecule has 2 aliphatic rings. The van der Waals surface area contributed by atoms with Gasteiger partial charge in [-0.25, -0.2) is 0 Å². The topological polar surface area (TPSA) is 72.0 Å². The van der Waals surface area contributed by atoms with Crippen LogP contribution in [-0.2, 0) is 16.1 Å². The number of methoxy groups -OCH3 is 1. The molecule has 0 saturated carbocycles. The van der Waals surface area contributed by atoms with Gasteiger partial charge in [0.05, 0.1) is 19.2 Å². The van der Waals surface area contributed by atoms with Gasteiger partial charge in [-0.05, 0) is 36.2 Å². The number of carbonyl (C=O) groups is 2. The largest absolute Gasteiger partial charge is 0.497 e. The fourth-order valence-electron chi connectivity index (χ4n) is 4.32. The van der Waals surface area contributed by atoms with Crippen LogP contribution in [0.2, 0.25) is 0 Å². The number of ether oxygens (including phenoxy) is 2. The van der Waals surface area contributed by atoms with Gasteiger partial charge < -0.3 is 19.3 Å². The third-order valence-electron chi connectivity index (χ3n) is 6.05. The quantitative estimate of drug-likeness (QED) is 0.714. The highest BCUT2D eigenvalue weighted by Crippen LogP contribution is 2.25. The first-order valence-electron chi connectivity index (χ1n) is 10.9. The number of carbonyl (C=O) groups excluding carboxylic acids is 2. The van der Waals surface area contributed by atoms with E-state index in [0.29, 0.717) is 39.0 Å². The highest BCUT2D eigenvalue weighted by atomic mass is 16.5. The van der Waals surface area contributed by atoms with Crippen molar-refractivity contribution in [2.24, 2.45) is 5.92 Å². The molecule has 2 aromatic rings. The van der Waals surface area contributed by atoms with Gasteiger partial charge in [-0.1, -0.05) is 12.1 Å². The van der Waals surface area contributed by atoms with Crippen molar-refractivity contribution in [2.75, 3.05) is 26.7 Å². The van der Waals surface area contributed by atoms with Crippen molar-refractivity contribution in [3.8, 4) is 11.5 Å². The number of nitrogens with zero attached hydrogens (tertiary/aromatic N) is 3. The van der Waals surface area contributed by atoms with Gasteiger partial charge in [0, 0.05) is 51.6 Å². The zero-order valence-electron chi connectivity index (χ0n) is 17.9. The summed E-state index contributed by atoms with van der Waals surface area (Å²) < 4.78 is 11.3. The number of hydrogen-bond acceptors (Lipinski definition) is 5. The highest BCUT2D eigenvalue weighted by molar-refractivity contribution is 5.84. The Bertz CT molecular complexity index is 897. The molecular formula is C24H29N3O4. The standard InChI is InChI=1S/C24H29N3O4/c1-30-21-5-2-4-18(14-21)16-27-17-19(7-8-23(27)28)24(29)26-12-9-20(10-13-26)31-22-6-3-11-25-15-22/h2-6,11,14-15,19-20H,7-10,12-13,16-17H2,1H3/t19-/m0/s1. The zero-order valence-corrected chi connectivity index (χ0v) is 17.9. The first kappa shape index (κ1) is 21.2. The maximum Gasteiger partial charge on any atom is 0.227 e. The number of benzene rings is 1. The molecule has 2 saturated heterocycles. The van der Waals surface area contributed by atoms with Crippen LogP contribution in [0, 0.1) is 5.92 Å². The minimum atomic E-state index is -0.140. The summed E-state index contributed by atoms with van der Waals surface area (Å²) in [7, 11) is 1.63. The minimum Gasteiger partial charge on any atom is -0.497 e. The third kappa shape index (κ3) is 5.34. The molecule has 0 aliphatic carbocycles. The summed E-state index contributed by atoms with van der Waals surface area (Å²) in [6, 6.07) is 11.5. The second-order valence-corrected chi connectivity index (χ2v) is 8.19. The third-order valence-corrected chi connectivity index (χ3v) is 6.05. The van der Waals surface area contributed by atoms with Crippen LogP contribution in [0.25, 0.3) is 0 Å². The van der Waals surface area contributed by atoms with Gasteiger partial charge in [-0.15, -0.1) is 0 Å². The van der Waals surface area contributed by atoms with Gasteiger partial charge in [0.2, 0.25) is 11.8 Å². The Balaban J connectivity index is 1.30. The van der Waals surface area contributed by atoms with Crippen molar-refractivity contribution in [1.82, 2.24) is 14.8 Å². The van der Waals surface area contributed by atoms with Gasteiger partial charge in [0.25, 0.3) is 0 Å². The number of piperidine rings is 2. The predicted octanol–water partition coefficient (Wildman–Crippen LogP) is 2.90. The lowest BCUT2D eigenvalue weighted by atomic mass is 9.94. The molecule has 2 aliphatic heterocycles. The lowest BCUT2D eigenvalue weighted by Crippen LogP contribution is -2.49. The van der Waals surface area contributed by atoms with E-state index in [9.17, 15) is 9.59 Å². The highest BCUT2D eigenvalue weighted by Gasteiger charge is 2.34. The SMILES string of the molecule is COc1cccc(CN2C[C@@H](C(=O)N3CCC(Oc4cccnc4)CC3)CCC2=O)c1. The average Bonchev–Trinajstić information content (AvgIpc) is 2.81. The molecule has 2 fully saturated rings. The number of amides is 2. The van der Waals surface area contributed by atoms with E-state index in [4.69, 9.17) is 9.47 Å². The van der Waals surface area contributed by atoms with Crippen molar-refractivity contribution in [1.29, 1.82) is 0 Å². The smallest absolute Gasteiger partial charge is 0.227 e. The summed E-state index contributed by atoms with van der Waals surface area (Å²) in [6.45, 7) is 2.34. The van der Waals surface area contributed by atoms with Crippen LogP contribution in [0.3, 0.4) is 0 Å². The van der Waals surface area contributed by atoms with Gasteiger partial charge in [0.1, 0.15) is 17.6 Å². The molecule has 2 amide bonds. The second-order valence-electron chi connectivity index (χ2n) is 8.19. The molecule has 0 spiro atoms. The Labute approximate surface area is 183 Å². The summed E-state index contributed by atoms with van der Waals surface area (Å²) in [6.07, 6.45) is 6.19. The van der Waals surface area contributed by atoms with Gasteiger partial charge in [-0.2, -0.15) is 0 Å². The van der Waals surface area contributed by atoms with Gasteiger partial charge in [0.15, 0.2) is 0 Å². The first-order chi connectivity index (χ1) is 15.1. The molecule has 3 heterocycles. The number of rotatable bonds is 6. The normalized spacial score (nSPS) is 19.9. The average molecular weight is 424 g/mol. The Morgan fingerprint density at radius 2 is 1.94 bits per heavy atom. The Morgan fingerprint density at radius 3 is 2.68 bits per heavy atom. The van der Waals surface area contributed by atoms with E-state index in [2.05, 4.69) is 4.98 Å². The van der Waals surface area contributed by atoms with Crippen LogP contribution in [0.4, 0.5) is 0 Å². The number of aromatic nitrogens is 1. The van der Waals surface area contributed by atoms with Crippen LogP contribution in [0.5, 0.6) is 11.5 Å². The van der Waals surface area contributed by atoms with E-state index in [-0.39, 0.29) is 23.8 Å². The summed E-state index contributed by atoms with van der Waals surface area (Å²) >= 11 is 0. The molecular weight excluding hydrogens is 394 g/mol. The summed E-state index contributed by atoms with van der Waals surface area (Å²) in [5, 5.41) is 0. The summed E-state index contributed by atoms with van der Waals surface area (Å²) in [5.74, 6) is 1.66. The van der Waals surface area contributed by atoms with Crippen LogP contribution >= 0.6 is 0 Å². The molecule has 1 atom stereocenters. The fraction of sp³-hybridized carbons (Fsp3) is 0.458. The van der Waals surface area contributed by atoms with E-state index in [1.807, 2.05) is 41.3 Å². The Morgan fingerprint density at radius 1 is 1.13 bits per heavy atom. The molecule has 7 nitrogen and oxygen atoms in total. The van der Waals surface area contributed by atoms with E-state index >= 15 is 0 Å². The van der Waals surface area contributed by atoms with E-state index in [1.54, 1.807) is 24.4 Å². The lowest BCUT2D eigenvalue weighted by Gasteiger charge is -2.37. The molecule has 164 valence electrons. The number of likely N-dealkylation sites (tertiary alicyclic amines) is 2. The van der Waals surface area contributed by atoms with Crippen molar-refractivity contribution in [3.05, 3.63) is 54.4 Å². The molecule has 1 aromatic heterocycles. The van der Waals surface area contributed by atoms with E-state index < -0.39 is 0 Å². The maximum absolute atomic E-state index is 13.1. The van der Waals surface area contributed by atoms with Gasteiger partial charge in [-0.3, -0.25) is 14.6 Å². The van der Waals surface area contributed by atoms with Crippen LogP contribution in [0.15, 0.2) is 48.8 Å². The van der Waals surface area contributed by atoms with Crippen molar-refractivity contribution in [2.45, 2.75) is 38.3 Å². The molecule has 0 unspecified atom stereocenters. The molecule has 1 aromatic carbocycles. The summed E-state index contributed by atoms with van der Waals surface area (Å²) in [5.41, 5.74) is 1.01. The number of hydrogen-bond donors (Lipinski definition) is 0. The molecule has 0 N–H and O–H groups in total.